The number of nitrogens with one attached hydrogen (secondary N) is 2. The molecular weight excluding hydrogens is 304 g/mol. The van der Waals surface area contributed by atoms with Gasteiger partial charge >= 0.3 is 6.03 Å². The normalized spacial score (nSPS) is 24.7. The van der Waals surface area contributed by atoms with E-state index in [1.54, 1.807) is 6.20 Å². The number of aromatic nitrogens is 2. The second-order valence-corrected chi connectivity index (χ2v) is 7.08. The van der Waals surface area contributed by atoms with Gasteiger partial charge < -0.3 is 19.9 Å². The molecule has 2 atom stereocenters. The molecule has 1 aromatic heterocycles. The van der Waals surface area contributed by atoms with Crippen LogP contribution >= 0.6 is 0 Å². The number of nitrogens with zero attached hydrogens (tertiary/aromatic N) is 2. The molecule has 0 radical (unpaired) electrons. The molecule has 2 saturated carbocycles. The number of urea groups is 1. The topological polar surface area (TPSA) is 68.2 Å². The molecule has 6 nitrogen and oxygen atoms in total. The fourth-order valence-corrected chi connectivity index (χ4v) is 4.34. The van der Waals surface area contributed by atoms with E-state index in [0.717, 1.165) is 39.0 Å². The lowest BCUT2D eigenvalue weighted by molar-refractivity contribution is -0.126. The number of imidazole rings is 1. The summed E-state index contributed by atoms with van der Waals surface area (Å²) < 4.78 is 7.96. The Morgan fingerprint density at radius 2 is 2.21 bits per heavy atom. The van der Waals surface area contributed by atoms with Gasteiger partial charge in [-0.25, -0.2) is 9.78 Å². The minimum absolute atomic E-state index is 0.0242. The highest BCUT2D eigenvalue weighted by Crippen LogP contribution is 2.54. The summed E-state index contributed by atoms with van der Waals surface area (Å²) in [6, 6.07) is 0.256. The molecule has 0 aliphatic heterocycles. The smallest absolute Gasteiger partial charge is 0.315 e. The van der Waals surface area contributed by atoms with Gasteiger partial charge in [-0.2, -0.15) is 0 Å². The van der Waals surface area contributed by atoms with Crippen LogP contribution < -0.4 is 10.6 Å². The number of carbonyl (C=O) groups is 1. The Hall–Kier alpha value is -1.56. The van der Waals surface area contributed by atoms with Crippen molar-refractivity contribution in [2.75, 3.05) is 13.2 Å². The van der Waals surface area contributed by atoms with E-state index in [1.807, 2.05) is 12.5 Å². The lowest BCUT2D eigenvalue weighted by Gasteiger charge is -2.53. The van der Waals surface area contributed by atoms with Crippen LogP contribution in [0.2, 0.25) is 0 Å². The highest BCUT2D eigenvalue weighted by molar-refractivity contribution is 5.74. The maximum Gasteiger partial charge on any atom is 0.315 e. The van der Waals surface area contributed by atoms with Gasteiger partial charge in [-0.05, 0) is 39.0 Å². The van der Waals surface area contributed by atoms with E-state index in [2.05, 4.69) is 27.1 Å². The molecule has 2 N–H and O–H groups in total. The van der Waals surface area contributed by atoms with Crippen molar-refractivity contribution in [1.29, 1.82) is 0 Å². The Kier molecular flexibility index (Phi) is 5.76. The average Bonchev–Trinajstić information content (AvgIpc) is 3.26. The molecule has 3 rings (SSSR count). The summed E-state index contributed by atoms with van der Waals surface area (Å²) in [7, 11) is 0. The molecule has 0 bridgehead atoms. The first-order chi connectivity index (χ1) is 11.7. The molecular formula is C18H30N4O2. The molecule has 1 spiro atoms. The number of aryl methyl sites for hydroxylation is 1. The van der Waals surface area contributed by atoms with Crippen LogP contribution in [0.15, 0.2) is 18.7 Å². The van der Waals surface area contributed by atoms with Crippen LogP contribution in [-0.2, 0) is 11.3 Å². The van der Waals surface area contributed by atoms with Gasteiger partial charge in [-0.3, -0.25) is 0 Å². The van der Waals surface area contributed by atoms with Crippen LogP contribution in [0.3, 0.4) is 0 Å². The van der Waals surface area contributed by atoms with Crippen molar-refractivity contribution in [1.82, 2.24) is 20.2 Å². The van der Waals surface area contributed by atoms with Crippen molar-refractivity contribution in [2.45, 2.75) is 70.6 Å². The molecule has 0 aromatic carbocycles. The maximum atomic E-state index is 12.2. The third kappa shape index (κ3) is 3.74. The van der Waals surface area contributed by atoms with Gasteiger partial charge in [0.05, 0.1) is 12.4 Å². The molecule has 1 aromatic rings. The number of ether oxygens (including phenoxy) is 1. The molecule has 0 saturated heterocycles. The molecule has 2 amide bonds. The summed E-state index contributed by atoms with van der Waals surface area (Å²) in [5.41, 5.74) is 0.203. The number of amides is 2. The number of hydrogen-bond donors (Lipinski definition) is 2. The van der Waals surface area contributed by atoms with Crippen LogP contribution in [0.25, 0.3) is 0 Å². The van der Waals surface area contributed by atoms with E-state index < -0.39 is 0 Å². The lowest BCUT2D eigenvalue weighted by atomic mass is 9.60. The van der Waals surface area contributed by atoms with Gasteiger partial charge in [0.15, 0.2) is 0 Å². The zero-order valence-electron chi connectivity index (χ0n) is 14.7. The molecule has 2 fully saturated rings. The van der Waals surface area contributed by atoms with E-state index in [-0.39, 0.29) is 17.5 Å². The van der Waals surface area contributed by atoms with Crippen molar-refractivity contribution in [3.05, 3.63) is 18.7 Å². The van der Waals surface area contributed by atoms with Crippen LogP contribution in [0.1, 0.15) is 51.9 Å². The summed E-state index contributed by atoms with van der Waals surface area (Å²) in [6.45, 7) is 4.49. The number of rotatable bonds is 8. The van der Waals surface area contributed by atoms with Crippen molar-refractivity contribution >= 4 is 6.03 Å². The fourth-order valence-electron chi connectivity index (χ4n) is 4.34. The quantitative estimate of drug-likeness (QED) is 0.718. The van der Waals surface area contributed by atoms with Crippen molar-refractivity contribution in [3.63, 3.8) is 0 Å². The van der Waals surface area contributed by atoms with Crippen LogP contribution in [0.4, 0.5) is 4.79 Å². The number of carbonyl (C=O) groups excluding carboxylic acids is 1. The van der Waals surface area contributed by atoms with Gasteiger partial charge in [0, 0.05) is 43.5 Å². The summed E-state index contributed by atoms with van der Waals surface area (Å²) in [5.74, 6) is 0. The first-order valence-corrected chi connectivity index (χ1v) is 9.36. The Morgan fingerprint density at radius 3 is 2.92 bits per heavy atom. The van der Waals surface area contributed by atoms with Gasteiger partial charge in [0.2, 0.25) is 0 Å². The molecule has 24 heavy (non-hydrogen) atoms. The average molecular weight is 334 g/mol. The molecule has 0 unspecified atom stereocenters. The monoisotopic (exact) mass is 334 g/mol. The second kappa shape index (κ2) is 8.01. The van der Waals surface area contributed by atoms with E-state index in [1.165, 1.54) is 25.7 Å². The zero-order valence-corrected chi connectivity index (χ0v) is 14.7. The zero-order chi connectivity index (χ0) is 16.8. The Balaban J connectivity index is 1.34. The Bertz CT molecular complexity index is 511. The Labute approximate surface area is 144 Å². The fraction of sp³-hybridized carbons (Fsp3) is 0.778. The van der Waals surface area contributed by atoms with Crippen molar-refractivity contribution in [3.8, 4) is 0 Å². The molecule has 2 aliphatic carbocycles. The molecule has 1 heterocycles. The minimum atomic E-state index is -0.0242. The summed E-state index contributed by atoms with van der Waals surface area (Å²) in [6.07, 6.45) is 13.8. The summed E-state index contributed by atoms with van der Waals surface area (Å²) >= 11 is 0. The van der Waals surface area contributed by atoms with Gasteiger partial charge in [-0.15, -0.1) is 0 Å². The van der Waals surface area contributed by atoms with Crippen molar-refractivity contribution < 1.29 is 9.53 Å². The predicted molar refractivity (Wildman–Crippen MR) is 92.7 cm³/mol. The highest BCUT2D eigenvalue weighted by atomic mass is 16.5. The van der Waals surface area contributed by atoms with Crippen LogP contribution in [0.5, 0.6) is 0 Å². The second-order valence-electron chi connectivity index (χ2n) is 7.08. The predicted octanol–water partition coefficient (Wildman–Crippen LogP) is 2.70. The summed E-state index contributed by atoms with van der Waals surface area (Å²) in [5, 5.41) is 6.20. The molecule has 2 aliphatic rings. The first-order valence-electron chi connectivity index (χ1n) is 9.36. The van der Waals surface area contributed by atoms with Gasteiger partial charge in [-0.1, -0.05) is 12.8 Å². The van der Waals surface area contributed by atoms with Crippen LogP contribution in [0, 0.1) is 5.41 Å². The van der Waals surface area contributed by atoms with E-state index in [0.29, 0.717) is 6.10 Å². The van der Waals surface area contributed by atoms with Crippen molar-refractivity contribution in [2.24, 2.45) is 5.41 Å². The molecule has 134 valence electrons. The van der Waals surface area contributed by atoms with Crippen LogP contribution in [-0.4, -0.2) is 40.9 Å². The van der Waals surface area contributed by atoms with E-state index >= 15 is 0 Å². The van der Waals surface area contributed by atoms with E-state index in [9.17, 15) is 4.79 Å². The SMILES string of the molecule is CCO[C@H]1C[C@@H](NC(=O)NCCCCn2ccnc2)C12CCCC2. The number of unbranched alkanes of at least 4 members (excludes halogenated alkanes) is 1. The summed E-state index contributed by atoms with van der Waals surface area (Å²) in [4.78, 5) is 16.2. The van der Waals surface area contributed by atoms with E-state index in [4.69, 9.17) is 4.74 Å². The minimum Gasteiger partial charge on any atom is -0.378 e. The van der Waals surface area contributed by atoms with Gasteiger partial charge in [0.1, 0.15) is 0 Å². The molecule has 6 heteroatoms. The third-order valence-electron chi connectivity index (χ3n) is 5.68. The maximum absolute atomic E-state index is 12.2. The first kappa shape index (κ1) is 17.3. The highest BCUT2D eigenvalue weighted by Gasteiger charge is 2.57. The third-order valence-corrected chi connectivity index (χ3v) is 5.68. The van der Waals surface area contributed by atoms with Gasteiger partial charge in [0.25, 0.3) is 0 Å². The Morgan fingerprint density at radius 1 is 1.38 bits per heavy atom. The standard InChI is InChI=1S/C18H30N4O2/c1-2-24-16-13-15(18(16)7-3-4-8-18)21-17(23)20-9-5-6-11-22-12-10-19-14-22/h10,12,14-16H,2-9,11,13H2,1H3,(H2,20,21,23)/t15-,16+/m1/s1. The number of hydrogen-bond acceptors (Lipinski definition) is 3. The lowest BCUT2D eigenvalue weighted by Crippen LogP contribution is -2.64. The largest absolute Gasteiger partial charge is 0.378 e.